The van der Waals surface area contributed by atoms with Crippen LogP contribution in [-0.2, 0) is 0 Å². The predicted octanol–water partition coefficient (Wildman–Crippen LogP) is 3.91. The first-order chi connectivity index (χ1) is 8.75. The molecule has 1 N–H and O–H groups in total. The number of hydrogen-bond acceptors (Lipinski definition) is 4. The third kappa shape index (κ3) is 2.09. The van der Waals surface area contributed by atoms with Crippen molar-refractivity contribution in [3.63, 3.8) is 0 Å². The molecule has 0 aliphatic heterocycles. The second-order valence-corrected chi connectivity index (χ2v) is 6.40. The van der Waals surface area contributed by atoms with E-state index in [2.05, 4.69) is 29.1 Å². The second kappa shape index (κ2) is 4.84. The number of nitrogens with one attached hydrogen (secondary N) is 1. The van der Waals surface area contributed by atoms with E-state index in [1.165, 1.54) is 41.5 Å². The summed E-state index contributed by atoms with van der Waals surface area (Å²) in [6.07, 6.45) is 7.19. The normalized spacial score (nSPS) is 15.9. The molecule has 1 saturated carbocycles. The summed E-state index contributed by atoms with van der Waals surface area (Å²) >= 11 is 1.76. The van der Waals surface area contributed by atoms with E-state index in [9.17, 15) is 0 Å². The molecular weight excluding hydrogens is 242 g/mol. The molecule has 2 aromatic rings. The van der Waals surface area contributed by atoms with Gasteiger partial charge in [-0.15, -0.1) is 11.3 Å². The average molecular weight is 261 g/mol. The molecule has 0 unspecified atom stereocenters. The molecule has 0 amide bonds. The van der Waals surface area contributed by atoms with Gasteiger partial charge in [-0.2, -0.15) is 0 Å². The van der Waals surface area contributed by atoms with Gasteiger partial charge in [-0.25, -0.2) is 9.97 Å². The number of fused-ring (bicyclic) bond motifs is 1. The number of hydrogen-bond donors (Lipinski definition) is 1. The first-order valence-corrected chi connectivity index (χ1v) is 7.52. The van der Waals surface area contributed by atoms with Gasteiger partial charge in [0.2, 0.25) is 0 Å². The molecule has 2 aromatic heterocycles. The molecule has 0 radical (unpaired) electrons. The number of anilines is 1. The average Bonchev–Trinajstić information content (AvgIpc) is 2.59. The SMILES string of the molecule is Cc1sc2ncnc(NCCC3CCC3)c2c1C. The lowest BCUT2D eigenvalue weighted by Crippen LogP contribution is -2.16. The quantitative estimate of drug-likeness (QED) is 0.906. The summed E-state index contributed by atoms with van der Waals surface area (Å²) in [4.78, 5) is 11.2. The van der Waals surface area contributed by atoms with E-state index in [4.69, 9.17) is 0 Å². The van der Waals surface area contributed by atoms with Crippen LogP contribution in [0.3, 0.4) is 0 Å². The zero-order valence-electron chi connectivity index (χ0n) is 11.0. The molecule has 0 saturated heterocycles. The third-order valence-electron chi connectivity index (χ3n) is 4.04. The summed E-state index contributed by atoms with van der Waals surface area (Å²) < 4.78 is 0. The Labute approximate surface area is 112 Å². The van der Waals surface area contributed by atoms with Crippen LogP contribution >= 0.6 is 11.3 Å². The van der Waals surface area contributed by atoms with Crippen molar-refractivity contribution >= 4 is 27.4 Å². The van der Waals surface area contributed by atoms with Crippen LogP contribution in [0.2, 0.25) is 0 Å². The molecule has 96 valence electrons. The van der Waals surface area contributed by atoms with E-state index in [1.54, 1.807) is 17.7 Å². The van der Waals surface area contributed by atoms with Crippen LogP contribution in [0.15, 0.2) is 6.33 Å². The van der Waals surface area contributed by atoms with E-state index in [0.717, 1.165) is 23.1 Å². The van der Waals surface area contributed by atoms with Crippen molar-refractivity contribution in [3.8, 4) is 0 Å². The van der Waals surface area contributed by atoms with Crippen LogP contribution in [0.4, 0.5) is 5.82 Å². The summed E-state index contributed by atoms with van der Waals surface area (Å²) in [7, 11) is 0. The van der Waals surface area contributed by atoms with Gasteiger partial charge < -0.3 is 5.32 Å². The largest absolute Gasteiger partial charge is 0.369 e. The molecule has 1 aliphatic rings. The zero-order chi connectivity index (χ0) is 12.5. The molecule has 3 nitrogen and oxygen atoms in total. The lowest BCUT2D eigenvalue weighted by Gasteiger charge is -2.25. The Balaban J connectivity index is 1.77. The van der Waals surface area contributed by atoms with Crippen molar-refractivity contribution in [1.82, 2.24) is 9.97 Å². The Bertz CT molecular complexity index is 557. The van der Waals surface area contributed by atoms with Gasteiger partial charge in [0.1, 0.15) is 17.0 Å². The van der Waals surface area contributed by atoms with E-state index in [1.807, 2.05) is 0 Å². The molecule has 0 bridgehead atoms. The monoisotopic (exact) mass is 261 g/mol. The highest BCUT2D eigenvalue weighted by molar-refractivity contribution is 7.18. The number of nitrogens with zero attached hydrogens (tertiary/aromatic N) is 2. The fourth-order valence-corrected chi connectivity index (χ4v) is 3.49. The van der Waals surface area contributed by atoms with Gasteiger partial charge in [-0.3, -0.25) is 0 Å². The summed E-state index contributed by atoms with van der Waals surface area (Å²) in [5.74, 6) is 1.96. The first-order valence-electron chi connectivity index (χ1n) is 6.70. The van der Waals surface area contributed by atoms with E-state index < -0.39 is 0 Å². The van der Waals surface area contributed by atoms with Gasteiger partial charge in [0.05, 0.1) is 5.39 Å². The first kappa shape index (κ1) is 11.9. The van der Waals surface area contributed by atoms with Crippen molar-refractivity contribution < 1.29 is 0 Å². The Hall–Kier alpha value is -1.16. The summed E-state index contributed by atoms with van der Waals surface area (Å²) in [5.41, 5.74) is 1.32. The van der Waals surface area contributed by atoms with Gasteiger partial charge in [-0.05, 0) is 31.7 Å². The van der Waals surface area contributed by atoms with Crippen molar-refractivity contribution in [2.75, 3.05) is 11.9 Å². The molecule has 18 heavy (non-hydrogen) atoms. The molecule has 4 heteroatoms. The molecule has 1 fully saturated rings. The van der Waals surface area contributed by atoms with Crippen molar-refractivity contribution in [1.29, 1.82) is 0 Å². The van der Waals surface area contributed by atoms with Crippen LogP contribution in [0.25, 0.3) is 10.2 Å². The summed E-state index contributed by atoms with van der Waals surface area (Å²) in [6.45, 7) is 5.35. The molecule has 3 rings (SSSR count). The smallest absolute Gasteiger partial charge is 0.138 e. The standard InChI is InChI=1S/C14H19N3S/c1-9-10(2)18-14-12(9)13(16-8-17-14)15-7-6-11-4-3-5-11/h8,11H,3-7H2,1-2H3,(H,15,16,17). The van der Waals surface area contributed by atoms with Crippen LogP contribution in [0, 0.1) is 19.8 Å². The fourth-order valence-electron chi connectivity index (χ4n) is 2.49. The number of rotatable bonds is 4. The summed E-state index contributed by atoms with van der Waals surface area (Å²) in [5, 5.41) is 4.71. The second-order valence-electron chi connectivity index (χ2n) is 5.20. The van der Waals surface area contributed by atoms with Crippen LogP contribution in [0.1, 0.15) is 36.1 Å². The maximum atomic E-state index is 4.41. The Kier molecular flexibility index (Phi) is 3.20. The third-order valence-corrected chi connectivity index (χ3v) is 5.15. The van der Waals surface area contributed by atoms with Gasteiger partial charge >= 0.3 is 0 Å². The number of aromatic nitrogens is 2. The molecule has 2 heterocycles. The lowest BCUT2D eigenvalue weighted by molar-refractivity contribution is 0.303. The molecule has 1 aliphatic carbocycles. The zero-order valence-corrected chi connectivity index (χ0v) is 11.8. The van der Waals surface area contributed by atoms with Gasteiger partial charge in [0.15, 0.2) is 0 Å². The Morgan fingerprint density at radius 3 is 2.89 bits per heavy atom. The van der Waals surface area contributed by atoms with Gasteiger partial charge in [0.25, 0.3) is 0 Å². The highest BCUT2D eigenvalue weighted by Crippen LogP contribution is 2.33. The maximum absolute atomic E-state index is 4.41. The van der Waals surface area contributed by atoms with Gasteiger partial charge in [0, 0.05) is 11.4 Å². The maximum Gasteiger partial charge on any atom is 0.138 e. The predicted molar refractivity (Wildman–Crippen MR) is 77.3 cm³/mol. The van der Waals surface area contributed by atoms with Gasteiger partial charge in [-0.1, -0.05) is 19.3 Å². The number of aryl methyl sites for hydroxylation is 2. The van der Waals surface area contributed by atoms with E-state index in [0.29, 0.717) is 0 Å². The molecular formula is C14H19N3S. The minimum Gasteiger partial charge on any atom is -0.369 e. The Morgan fingerprint density at radius 1 is 1.33 bits per heavy atom. The Morgan fingerprint density at radius 2 is 2.17 bits per heavy atom. The topological polar surface area (TPSA) is 37.8 Å². The molecule has 0 aromatic carbocycles. The van der Waals surface area contributed by atoms with Crippen molar-refractivity contribution in [2.45, 2.75) is 39.5 Å². The van der Waals surface area contributed by atoms with Crippen LogP contribution in [0.5, 0.6) is 0 Å². The fraction of sp³-hybridized carbons (Fsp3) is 0.571. The molecule has 0 spiro atoms. The highest BCUT2D eigenvalue weighted by Gasteiger charge is 2.17. The van der Waals surface area contributed by atoms with E-state index in [-0.39, 0.29) is 0 Å². The highest BCUT2D eigenvalue weighted by atomic mass is 32.1. The van der Waals surface area contributed by atoms with E-state index >= 15 is 0 Å². The van der Waals surface area contributed by atoms with Crippen LogP contribution < -0.4 is 5.32 Å². The minimum atomic E-state index is 0.945. The van der Waals surface area contributed by atoms with Crippen molar-refractivity contribution in [3.05, 3.63) is 16.8 Å². The lowest BCUT2D eigenvalue weighted by atomic mass is 9.83. The van der Waals surface area contributed by atoms with Crippen molar-refractivity contribution in [2.24, 2.45) is 5.92 Å². The number of thiophene rings is 1. The van der Waals surface area contributed by atoms with Crippen LogP contribution in [-0.4, -0.2) is 16.5 Å². The minimum absolute atomic E-state index is 0.945. The molecule has 0 atom stereocenters. The summed E-state index contributed by atoms with van der Waals surface area (Å²) in [6, 6.07) is 0.